The summed E-state index contributed by atoms with van der Waals surface area (Å²) < 4.78 is 0. The van der Waals surface area contributed by atoms with E-state index in [2.05, 4.69) is 55.3 Å². The Morgan fingerprint density at radius 2 is 2.11 bits per heavy atom. The summed E-state index contributed by atoms with van der Waals surface area (Å²) in [6.45, 7) is 10.7. The fourth-order valence-corrected chi connectivity index (χ4v) is 4.27. The van der Waals surface area contributed by atoms with Crippen LogP contribution in [-0.2, 0) is 0 Å². The smallest absolute Gasteiger partial charge is 0.0325 e. The summed E-state index contributed by atoms with van der Waals surface area (Å²) in [6.07, 6.45) is 1.28. The Morgan fingerprint density at radius 3 is 2.84 bits per heavy atom. The zero-order valence-corrected chi connectivity index (χ0v) is 12.4. The normalized spacial score (nSPS) is 32.5. The van der Waals surface area contributed by atoms with Crippen molar-refractivity contribution in [3.05, 3.63) is 35.4 Å². The summed E-state index contributed by atoms with van der Waals surface area (Å²) in [5.74, 6) is 1.74. The third-order valence-electron chi connectivity index (χ3n) is 5.31. The molecule has 19 heavy (non-hydrogen) atoms. The zero-order chi connectivity index (χ0) is 13.4. The molecule has 2 saturated heterocycles. The molecule has 1 N–H and O–H groups in total. The van der Waals surface area contributed by atoms with E-state index in [0.29, 0.717) is 6.04 Å². The van der Waals surface area contributed by atoms with Crippen LogP contribution in [0.3, 0.4) is 0 Å². The first kappa shape index (κ1) is 13.1. The highest BCUT2D eigenvalue weighted by Gasteiger charge is 2.44. The SMILES string of the molecule is CCC1C2CNCC2CN1C(C)c1ccccc1C. The van der Waals surface area contributed by atoms with E-state index in [4.69, 9.17) is 0 Å². The Bertz CT molecular complexity index is 443. The van der Waals surface area contributed by atoms with Crippen LogP contribution in [-0.4, -0.2) is 30.6 Å². The number of fused-ring (bicyclic) bond motifs is 1. The molecule has 2 nitrogen and oxygen atoms in total. The molecule has 2 aliphatic heterocycles. The minimum Gasteiger partial charge on any atom is -0.316 e. The molecule has 2 heterocycles. The molecular weight excluding hydrogens is 232 g/mol. The Balaban J connectivity index is 1.84. The van der Waals surface area contributed by atoms with Crippen LogP contribution >= 0.6 is 0 Å². The number of nitrogens with zero attached hydrogens (tertiary/aromatic N) is 1. The van der Waals surface area contributed by atoms with E-state index in [9.17, 15) is 0 Å². The van der Waals surface area contributed by atoms with Gasteiger partial charge in [-0.2, -0.15) is 0 Å². The maximum Gasteiger partial charge on any atom is 0.0325 e. The number of nitrogens with one attached hydrogen (secondary N) is 1. The summed E-state index contributed by atoms with van der Waals surface area (Å²) in [5.41, 5.74) is 2.94. The topological polar surface area (TPSA) is 15.3 Å². The fraction of sp³-hybridized carbons (Fsp3) is 0.647. The van der Waals surface area contributed by atoms with E-state index in [1.807, 2.05) is 0 Å². The Labute approximate surface area is 117 Å². The van der Waals surface area contributed by atoms with Gasteiger partial charge in [0.2, 0.25) is 0 Å². The van der Waals surface area contributed by atoms with Gasteiger partial charge >= 0.3 is 0 Å². The first-order chi connectivity index (χ1) is 9.22. The van der Waals surface area contributed by atoms with E-state index >= 15 is 0 Å². The minimum absolute atomic E-state index is 0.553. The number of hydrogen-bond acceptors (Lipinski definition) is 2. The molecule has 2 aliphatic rings. The number of aryl methyl sites for hydroxylation is 1. The van der Waals surface area contributed by atoms with Gasteiger partial charge in [0.15, 0.2) is 0 Å². The van der Waals surface area contributed by atoms with Crippen LogP contribution in [0.15, 0.2) is 24.3 Å². The average Bonchev–Trinajstić information content (AvgIpc) is 2.98. The van der Waals surface area contributed by atoms with Crippen molar-refractivity contribution in [3.63, 3.8) is 0 Å². The average molecular weight is 258 g/mol. The van der Waals surface area contributed by atoms with Gasteiger partial charge in [-0.15, -0.1) is 0 Å². The van der Waals surface area contributed by atoms with Gasteiger partial charge in [-0.05, 0) is 56.3 Å². The molecule has 4 unspecified atom stereocenters. The van der Waals surface area contributed by atoms with Crippen molar-refractivity contribution in [2.75, 3.05) is 19.6 Å². The molecule has 104 valence electrons. The first-order valence-corrected chi connectivity index (χ1v) is 7.74. The van der Waals surface area contributed by atoms with Crippen LogP contribution in [0.1, 0.15) is 37.4 Å². The standard InChI is InChI=1S/C17H26N2/c1-4-17-16-10-18-9-14(16)11-19(17)13(3)15-8-6-5-7-12(15)2/h5-8,13-14,16-18H,4,9-11H2,1-3H3. The molecular formula is C17H26N2. The number of rotatable bonds is 3. The molecule has 0 aromatic heterocycles. The monoisotopic (exact) mass is 258 g/mol. The van der Waals surface area contributed by atoms with Crippen molar-refractivity contribution >= 4 is 0 Å². The number of likely N-dealkylation sites (tertiary alicyclic amines) is 1. The van der Waals surface area contributed by atoms with Crippen LogP contribution < -0.4 is 5.32 Å². The number of hydrogen-bond donors (Lipinski definition) is 1. The van der Waals surface area contributed by atoms with Gasteiger partial charge < -0.3 is 5.32 Å². The second-order valence-corrected chi connectivity index (χ2v) is 6.29. The van der Waals surface area contributed by atoms with Gasteiger partial charge in [-0.25, -0.2) is 0 Å². The van der Waals surface area contributed by atoms with E-state index in [1.54, 1.807) is 0 Å². The van der Waals surface area contributed by atoms with Crippen molar-refractivity contribution in [1.82, 2.24) is 10.2 Å². The first-order valence-electron chi connectivity index (χ1n) is 7.74. The van der Waals surface area contributed by atoms with Crippen LogP contribution in [0.4, 0.5) is 0 Å². The predicted molar refractivity (Wildman–Crippen MR) is 80.2 cm³/mol. The lowest BCUT2D eigenvalue weighted by atomic mass is 9.92. The number of benzene rings is 1. The van der Waals surface area contributed by atoms with E-state index < -0.39 is 0 Å². The molecule has 2 heteroatoms. The van der Waals surface area contributed by atoms with E-state index in [-0.39, 0.29) is 0 Å². The fourth-order valence-electron chi connectivity index (χ4n) is 4.27. The Morgan fingerprint density at radius 1 is 1.32 bits per heavy atom. The van der Waals surface area contributed by atoms with Gasteiger partial charge in [-0.3, -0.25) is 4.90 Å². The molecule has 0 bridgehead atoms. The molecule has 0 amide bonds. The summed E-state index contributed by atoms with van der Waals surface area (Å²) in [4.78, 5) is 2.76. The molecule has 4 atom stereocenters. The van der Waals surface area contributed by atoms with Crippen molar-refractivity contribution in [2.45, 2.75) is 39.3 Å². The quantitative estimate of drug-likeness (QED) is 0.896. The minimum atomic E-state index is 0.553. The maximum absolute atomic E-state index is 3.57. The largest absolute Gasteiger partial charge is 0.316 e. The molecule has 0 saturated carbocycles. The van der Waals surface area contributed by atoms with Crippen molar-refractivity contribution in [2.24, 2.45) is 11.8 Å². The van der Waals surface area contributed by atoms with Crippen molar-refractivity contribution < 1.29 is 0 Å². The van der Waals surface area contributed by atoms with Gasteiger partial charge in [0.25, 0.3) is 0 Å². The Hall–Kier alpha value is -0.860. The molecule has 1 aromatic carbocycles. The second kappa shape index (κ2) is 5.26. The summed E-state index contributed by atoms with van der Waals surface area (Å²) in [5, 5.41) is 3.57. The van der Waals surface area contributed by atoms with Crippen molar-refractivity contribution in [3.8, 4) is 0 Å². The highest BCUT2D eigenvalue weighted by molar-refractivity contribution is 5.29. The van der Waals surface area contributed by atoms with Crippen LogP contribution in [0, 0.1) is 18.8 Å². The lowest BCUT2D eigenvalue weighted by Gasteiger charge is -2.33. The van der Waals surface area contributed by atoms with E-state index in [1.165, 1.54) is 37.2 Å². The molecule has 1 aromatic rings. The summed E-state index contributed by atoms with van der Waals surface area (Å²) >= 11 is 0. The summed E-state index contributed by atoms with van der Waals surface area (Å²) in [6, 6.07) is 10.2. The van der Waals surface area contributed by atoms with Gasteiger partial charge in [0, 0.05) is 18.6 Å². The van der Waals surface area contributed by atoms with Crippen LogP contribution in [0.25, 0.3) is 0 Å². The zero-order valence-electron chi connectivity index (χ0n) is 12.4. The third-order valence-corrected chi connectivity index (χ3v) is 5.31. The van der Waals surface area contributed by atoms with Crippen LogP contribution in [0.2, 0.25) is 0 Å². The summed E-state index contributed by atoms with van der Waals surface area (Å²) in [7, 11) is 0. The predicted octanol–water partition coefficient (Wildman–Crippen LogP) is 2.99. The lowest BCUT2D eigenvalue weighted by Crippen LogP contribution is -2.37. The lowest BCUT2D eigenvalue weighted by molar-refractivity contribution is 0.165. The maximum atomic E-state index is 3.57. The van der Waals surface area contributed by atoms with Gasteiger partial charge in [0.05, 0.1) is 0 Å². The van der Waals surface area contributed by atoms with E-state index in [0.717, 1.165) is 17.9 Å². The highest BCUT2D eigenvalue weighted by atomic mass is 15.2. The Kier molecular flexibility index (Phi) is 3.64. The van der Waals surface area contributed by atoms with Gasteiger partial charge in [0.1, 0.15) is 0 Å². The third kappa shape index (κ3) is 2.21. The van der Waals surface area contributed by atoms with Crippen molar-refractivity contribution in [1.29, 1.82) is 0 Å². The molecule has 0 radical (unpaired) electrons. The molecule has 0 aliphatic carbocycles. The molecule has 2 fully saturated rings. The van der Waals surface area contributed by atoms with Crippen LogP contribution in [0.5, 0.6) is 0 Å². The second-order valence-electron chi connectivity index (χ2n) is 6.29. The molecule has 0 spiro atoms. The van der Waals surface area contributed by atoms with Gasteiger partial charge in [-0.1, -0.05) is 31.2 Å². The molecule has 3 rings (SSSR count). The highest BCUT2D eigenvalue weighted by Crippen LogP contribution is 2.39.